The number of hydrogen-bond donors (Lipinski definition) is 2. The van der Waals surface area contributed by atoms with E-state index in [2.05, 4.69) is 9.97 Å². The Bertz CT molecular complexity index is 383. The fraction of sp³-hybridized carbons (Fsp3) is 0.556. The summed E-state index contributed by atoms with van der Waals surface area (Å²) in [6, 6.07) is 1.63. The third-order valence-corrected chi connectivity index (χ3v) is 3.17. The van der Waals surface area contributed by atoms with Crippen molar-refractivity contribution >= 4 is 29.2 Å². The molecular weight excluding hydrogens is 250 g/mol. The van der Waals surface area contributed by atoms with Crippen molar-refractivity contribution in [2.75, 3.05) is 24.2 Å². The number of rotatable bonds is 2. The number of halogens is 1. The second kappa shape index (κ2) is 4.75. The maximum Gasteiger partial charge on any atom is 0.190 e. The molecule has 0 saturated carbocycles. The average molecular weight is 262 g/mol. The van der Waals surface area contributed by atoms with Crippen LogP contribution in [0.1, 0.15) is 0 Å². The lowest BCUT2D eigenvalue weighted by Gasteiger charge is -2.16. The first-order valence-electron chi connectivity index (χ1n) is 4.80. The van der Waals surface area contributed by atoms with Gasteiger partial charge in [0.1, 0.15) is 11.0 Å². The molecule has 5 nitrogen and oxygen atoms in total. The summed E-state index contributed by atoms with van der Waals surface area (Å²) in [6.45, 7) is 0.727. The quantitative estimate of drug-likeness (QED) is 0.456. The molecule has 1 fully saturated rings. The molecule has 7 heteroatoms. The highest BCUT2D eigenvalue weighted by molar-refractivity contribution is 7.98. The van der Waals surface area contributed by atoms with Crippen LogP contribution in [0.15, 0.2) is 11.2 Å². The van der Waals surface area contributed by atoms with Gasteiger partial charge in [-0.3, -0.25) is 0 Å². The van der Waals surface area contributed by atoms with Crippen molar-refractivity contribution in [3.05, 3.63) is 11.2 Å². The highest BCUT2D eigenvalue weighted by Crippen LogP contribution is 2.23. The zero-order chi connectivity index (χ0) is 11.7. The number of aliphatic hydroxyl groups excluding tert-OH is 2. The van der Waals surface area contributed by atoms with Gasteiger partial charge in [0.25, 0.3) is 0 Å². The fourth-order valence-corrected chi connectivity index (χ4v) is 2.20. The maximum absolute atomic E-state index is 9.45. The lowest BCUT2D eigenvalue weighted by molar-refractivity contribution is 0.0572. The van der Waals surface area contributed by atoms with Crippen LogP contribution in [0, 0.1) is 0 Å². The van der Waals surface area contributed by atoms with E-state index in [1.807, 2.05) is 6.26 Å². The van der Waals surface area contributed by atoms with E-state index in [1.54, 1.807) is 11.0 Å². The first-order valence-corrected chi connectivity index (χ1v) is 6.40. The van der Waals surface area contributed by atoms with Crippen molar-refractivity contribution < 1.29 is 10.2 Å². The molecule has 1 saturated heterocycles. The predicted molar refractivity (Wildman–Crippen MR) is 63.0 cm³/mol. The topological polar surface area (TPSA) is 69.5 Å². The van der Waals surface area contributed by atoms with Gasteiger partial charge in [-0.2, -0.15) is 0 Å². The molecule has 1 aromatic rings. The number of β-amino-alcohol motifs (C(OH)–C–C–N with tert-alkyl or cyclic N) is 2. The van der Waals surface area contributed by atoms with Crippen molar-refractivity contribution in [1.29, 1.82) is 0 Å². The van der Waals surface area contributed by atoms with Gasteiger partial charge in [-0.25, -0.2) is 9.97 Å². The number of aliphatic hydroxyl groups is 2. The van der Waals surface area contributed by atoms with E-state index in [-0.39, 0.29) is 0 Å². The standard InChI is InChI=1S/C9H12ClN3O2S/c1-16-9-11-7(10)2-8(12-9)13-3-5(14)6(15)4-13/h2,5-6,14-15H,3-4H2,1H3. The Hall–Kier alpha value is -0.560. The monoisotopic (exact) mass is 261 g/mol. The number of anilines is 1. The molecule has 0 radical (unpaired) electrons. The molecule has 0 amide bonds. The Balaban J connectivity index is 2.24. The fourth-order valence-electron chi connectivity index (χ4n) is 1.60. The van der Waals surface area contributed by atoms with Crippen molar-refractivity contribution in [2.24, 2.45) is 0 Å². The number of nitrogens with zero attached hydrogens (tertiary/aromatic N) is 3. The summed E-state index contributed by atoms with van der Waals surface area (Å²) in [5.41, 5.74) is 0. The minimum absolute atomic E-state index is 0.363. The molecule has 1 aliphatic rings. The summed E-state index contributed by atoms with van der Waals surface area (Å²) in [5, 5.41) is 19.9. The van der Waals surface area contributed by atoms with Gasteiger partial charge >= 0.3 is 0 Å². The normalized spacial score (nSPS) is 25.1. The van der Waals surface area contributed by atoms with Crippen LogP contribution in [0.25, 0.3) is 0 Å². The van der Waals surface area contributed by atoms with Gasteiger partial charge in [-0.1, -0.05) is 23.4 Å². The Morgan fingerprint density at radius 3 is 2.56 bits per heavy atom. The summed E-state index contributed by atoms with van der Waals surface area (Å²) < 4.78 is 0. The van der Waals surface area contributed by atoms with Crippen molar-refractivity contribution in [1.82, 2.24) is 9.97 Å². The molecule has 1 aromatic heterocycles. The van der Waals surface area contributed by atoms with Gasteiger partial charge in [0, 0.05) is 19.2 Å². The zero-order valence-electron chi connectivity index (χ0n) is 8.67. The molecule has 2 heterocycles. The molecular formula is C9H12ClN3O2S. The SMILES string of the molecule is CSc1nc(Cl)cc(N2CC(O)C(O)C2)n1. The highest BCUT2D eigenvalue weighted by Gasteiger charge is 2.30. The van der Waals surface area contributed by atoms with Gasteiger partial charge in [0.2, 0.25) is 0 Å². The van der Waals surface area contributed by atoms with Gasteiger partial charge in [0.15, 0.2) is 5.16 Å². The Morgan fingerprint density at radius 2 is 2.00 bits per heavy atom. The molecule has 2 unspecified atom stereocenters. The molecule has 0 aromatic carbocycles. The lowest BCUT2D eigenvalue weighted by atomic mass is 10.3. The molecule has 0 aliphatic carbocycles. The van der Waals surface area contributed by atoms with Crippen LogP contribution in [0.5, 0.6) is 0 Å². The van der Waals surface area contributed by atoms with E-state index in [1.165, 1.54) is 11.8 Å². The molecule has 88 valence electrons. The van der Waals surface area contributed by atoms with E-state index in [9.17, 15) is 10.2 Å². The average Bonchev–Trinajstić information content (AvgIpc) is 2.58. The van der Waals surface area contributed by atoms with Crippen molar-refractivity contribution in [3.63, 3.8) is 0 Å². The van der Waals surface area contributed by atoms with E-state index in [0.717, 1.165) is 0 Å². The minimum Gasteiger partial charge on any atom is -0.389 e. The molecule has 1 aliphatic heterocycles. The molecule has 2 atom stereocenters. The minimum atomic E-state index is -0.730. The van der Waals surface area contributed by atoms with E-state index in [4.69, 9.17) is 11.6 Å². The zero-order valence-corrected chi connectivity index (χ0v) is 10.2. The van der Waals surface area contributed by atoms with Crippen LogP contribution >= 0.6 is 23.4 Å². The Labute approximate surface area is 102 Å². The van der Waals surface area contributed by atoms with Gasteiger partial charge in [-0.05, 0) is 6.26 Å². The second-order valence-electron chi connectivity index (χ2n) is 3.58. The van der Waals surface area contributed by atoms with Crippen LogP contribution in [0.3, 0.4) is 0 Å². The number of thioether (sulfide) groups is 1. The summed E-state index contributed by atoms with van der Waals surface area (Å²) >= 11 is 7.26. The van der Waals surface area contributed by atoms with E-state index < -0.39 is 12.2 Å². The highest BCUT2D eigenvalue weighted by atomic mass is 35.5. The number of aromatic nitrogens is 2. The third kappa shape index (κ3) is 2.40. The maximum atomic E-state index is 9.45. The van der Waals surface area contributed by atoms with Gasteiger partial charge in [-0.15, -0.1) is 0 Å². The van der Waals surface area contributed by atoms with E-state index in [0.29, 0.717) is 29.2 Å². The molecule has 16 heavy (non-hydrogen) atoms. The first-order chi connectivity index (χ1) is 7.60. The predicted octanol–water partition coefficient (Wildman–Crippen LogP) is 0.394. The Morgan fingerprint density at radius 1 is 1.38 bits per heavy atom. The second-order valence-corrected chi connectivity index (χ2v) is 4.74. The van der Waals surface area contributed by atoms with Gasteiger partial charge < -0.3 is 15.1 Å². The summed E-state index contributed by atoms with van der Waals surface area (Å²) in [5.74, 6) is 0.639. The third-order valence-electron chi connectivity index (χ3n) is 2.43. The smallest absolute Gasteiger partial charge is 0.190 e. The van der Waals surface area contributed by atoms with E-state index >= 15 is 0 Å². The summed E-state index contributed by atoms with van der Waals surface area (Å²) in [6.07, 6.45) is 0.404. The van der Waals surface area contributed by atoms with Crippen LogP contribution in [-0.4, -0.2) is 51.7 Å². The van der Waals surface area contributed by atoms with Gasteiger partial charge in [0.05, 0.1) is 12.2 Å². The molecule has 2 N–H and O–H groups in total. The van der Waals surface area contributed by atoms with Crippen molar-refractivity contribution in [2.45, 2.75) is 17.4 Å². The molecule has 2 rings (SSSR count). The lowest BCUT2D eigenvalue weighted by Crippen LogP contribution is -2.22. The van der Waals surface area contributed by atoms with Crippen LogP contribution in [0.4, 0.5) is 5.82 Å². The summed E-state index contributed by atoms with van der Waals surface area (Å²) in [4.78, 5) is 10.1. The van der Waals surface area contributed by atoms with Crippen molar-refractivity contribution in [3.8, 4) is 0 Å². The molecule has 0 bridgehead atoms. The largest absolute Gasteiger partial charge is 0.389 e. The first kappa shape index (κ1) is 11.9. The Kier molecular flexibility index (Phi) is 3.53. The number of hydrogen-bond acceptors (Lipinski definition) is 6. The molecule has 0 spiro atoms. The van der Waals surface area contributed by atoms with Crippen LogP contribution in [-0.2, 0) is 0 Å². The van der Waals surface area contributed by atoms with Crippen LogP contribution < -0.4 is 4.90 Å². The summed E-state index contributed by atoms with van der Waals surface area (Å²) in [7, 11) is 0. The van der Waals surface area contributed by atoms with Crippen LogP contribution in [0.2, 0.25) is 5.15 Å².